The van der Waals surface area contributed by atoms with Crippen molar-refractivity contribution >= 4 is 5.84 Å². The Hall–Kier alpha value is -1.51. The number of hydrogen-bond acceptors (Lipinski definition) is 2. The lowest BCUT2D eigenvalue weighted by atomic mass is 10.1. The molecule has 3 nitrogen and oxygen atoms in total. The molecule has 0 fully saturated rings. The molecule has 0 saturated heterocycles. The lowest BCUT2D eigenvalue weighted by molar-refractivity contribution is 0.337. The Labute approximate surface area is 78.0 Å². The zero-order valence-electron chi connectivity index (χ0n) is 7.71. The number of para-hydroxylation sites is 1. The lowest BCUT2D eigenvalue weighted by Gasteiger charge is -2.08. The van der Waals surface area contributed by atoms with Crippen LogP contribution in [0.25, 0.3) is 0 Å². The number of nitrogens with one attached hydrogen (secondary N) is 1. The molecule has 13 heavy (non-hydrogen) atoms. The van der Waals surface area contributed by atoms with Gasteiger partial charge >= 0.3 is 0 Å². The van der Waals surface area contributed by atoms with Crippen molar-refractivity contribution in [3.8, 4) is 5.75 Å². The molecule has 0 radical (unpaired) electrons. The highest BCUT2D eigenvalue weighted by molar-refractivity contribution is 5.80. The second kappa shape index (κ2) is 4.50. The lowest BCUT2D eigenvalue weighted by Crippen LogP contribution is -2.13. The fraction of sp³-hybridized carbons (Fsp3) is 0.300. The van der Waals surface area contributed by atoms with Gasteiger partial charge in [0, 0.05) is 12.0 Å². The van der Waals surface area contributed by atoms with Crippen molar-refractivity contribution in [3.05, 3.63) is 29.8 Å². The number of rotatable bonds is 4. The summed E-state index contributed by atoms with van der Waals surface area (Å²) in [6, 6.07) is 7.64. The molecule has 0 aliphatic heterocycles. The molecule has 0 aromatic heterocycles. The molecular formula is C10H14N2O. The van der Waals surface area contributed by atoms with Gasteiger partial charge in [-0.2, -0.15) is 0 Å². The third-order valence-electron chi connectivity index (χ3n) is 1.65. The number of amidine groups is 1. The second-order valence-electron chi connectivity index (χ2n) is 2.74. The number of nitrogens with two attached hydrogens (primary N) is 1. The van der Waals surface area contributed by atoms with Crippen molar-refractivity contribution in [2.75, 3.05) is 6.61 Å². The van der Waals surface area contributed by atoms with Gasteiger partial charge in [-0.1, -0.05) is 18.2 Å². The average molecular weight is 178 g/mol. The summed E-state index contributed by atoms with van der Waals surface area (Å²) in [5.41, 5.74) is 6.29. The first-order valence-corrected chi connectivity index (χ1v) is 4.27. The van der Waals surface area contributed by atoms with Gasteiger partial charge in [0.15, 0.2) is 0 Å². The van der Waals surface area contributed by atoms with E-state index in [4.69, 9.17) is 15.9 Å². The Morgan fingerprint density at radius 3 is 2.77 bits per heavy atom. The molecule has 3 N–H and O–H groups in total. The Morgan fingerprint density at radius 2 is 2.15 bits per heavy atom. The first-order valence-electron chi connectivity index (χ1n) is 4.27. The molecule has 0 unspecified atom stereocenters. The van der Waals surface area contributed by atoms with Crippen molar-refractivity contribution in [1.29, 1.82) is 5.41 Å². The quantitative estimate of drug-likeness (QED) is 0.543. The van der Waals surface area contributed by atoms with E-state index in [9.17, 15) is 0 Å². The van der Waals surface area contributed by atoms with E-state index in [0.717, 1.165) is 11.3 Å². The fourth-order valence-corrected chi connectivity index (χ4v) is 1.15. The minimum Gasteiger partial charge on any atom is -0.494 e. The largest absolute Gasteiger partial charge is 0.494 e. The highest BCUT2D eigenvalue weighted by Gasteiger charge is 2.02. The van der Waals surface area contributed by atoms with E-state index in [1.54, 1.807) is 0 Å². The van der Waals surface area contributed by atoms with Gasteiger partial charge in [-0.05, 0) is 13.0 Å². The summed E-state index contributed by atoms with van der Waals surface area (Å²) in [5.74, 6) is 0.979. The fourth-order valence-electron chi connectivity index (χ4n) is 1.15. The SMILES string of the molecule is CCOc1ccccc1CC(=N)N. The third-order valence-corrected chi connectivity index (χ3v) is 1.65. The zero-order valence-corrected chi connectivity index (χ0v) is 7.71. The Kier molecular flexibility index (Phi) is 3.31. The Bertz CT molecular complexity index is 297. The summed E-state index contributed by atoms with van der Waals surface area (Å²) in [7, 11) is 0. The predicted octanol–water partition coefficient (Wildman–Crippen LogP) is 1.56. The molecule has 1 rings (SSSR count). The molecule has 1 aromatic rings. The van der Waals surface area contributed by atoms with E-state index in [-0.39, 0.29) is 5.84 Å². The standard InChI is InChI=1S/C10H14N2O/c1-2-13-9-6-4-3-5-8(9)7-10(11)12/h3-6H,2,7H2,1H3,(H3,11,12). The second-order valence-corrected chi connectivity index (χ2v) is 2.74. The highest BCUT2D eigenvalue weighted by atomic mass is 16.5. The van der Waals surface area contributed by atoms with Gasteiger partial charge in [-0.15, -0.1) is 0 Å². The molecule has 0 heterocycles. The van der Waals surface area contributed by atoms with E-state index >= 15 is 0 Å². The number of ether oxygens (including phenoxy) is 1. The van der Waals surface area contributed by atoms with Crippen molar-refractivity contribution in [2.24, 2.45) is 5.73 Å². The normalized spacial score (nSPS) is 9.62. The van der Waals surface area contributed by atoms with E-state index in [0.29, 0.717) is 13.0 Å². The maximum Gasteiger partial charge on any atom is 0.122 e. The van der Waals surface area contributed by atoms with Crippen LogP contribution in [0.3, 0.4) is 0 Å². The van der Waals surface area contributed by atoms with Crippen molar-refractivity contribution in [1.82, 2.24) is 0 Å². The summed E-state index contributed by atoms with van der Waals surface area (Å²) in [6.45, 7) is 2.57. The summed E-state index contributed by atoms with van der Waals surface area (Å²) >= 11 is 0. The molecule has 0 spiro atoms. The van der Waals surface area contributed by atoms with Gasteiger partial charge < -0.3 is 10.5 Å². The smallest absolute Gasteiger partial charge is 0.122 e. The van der Waals surface area contributed by atoms with Crippen molar-refractivity contribution in [2.45, 2.75) is 13.3 Å². The van der Waals surface area contributed by atoms with Crippen LogP contribution in [0.2, 0.25) is 0 Å². The van der Waals surface area contributed by atoms with Crippen LogP contribution in [0.4, 0.5) is 0 Å². The molecule has 1 aromatic carbocycles. The zero-order chi connectivity index (χ0) is 9.68. The van der Waals surface area contributed by atoms with Crippen molar-refractivity contribution < 1.29 is 4.74 Å². The van der Waals surface area contributed by atoms with Crippen LogP contribution in [0.15, 0.2) is 24.3 Å². The molecule has 0 amide bonds. The average Bonchev–Trinajstić information content (AvgIpc) is 2.08. The summed E-state index contributed by atoms with van der Waals surface area (Å²) in [6.07, 6.45) is 0.455. The third kappa shape index (κ3) is 2.78. The van der Waals surface area contributed by atoms with Crippen LogP contribution in [0.5, 0.6) is 5.75 Å². The number of benzene rings is 1. The predicted molar refractivity (Wildman–Crippen MR) is 53.2 cm³/mol. The topological polar surface area (TPSA) is 59.1 Å². The summed E-state index contributed by atoms with van der Waals surface area (Å²) < 4.78 is 5.39. The first-order chi connectivity index (χ1) is 6.24. The van der Waals surface area contributed by atoms with Crippen LogP contribution >= 0.6 is 0 Å². The Morgan fingerprint density at radius 1 is 1.46 bits per heavy atom. The van der Waals surface area contributed by atoms with Crippen LogP contribution in [0.1, 0.15) is 12.5 Å². The molecule has 3 heteroatoms. The van der Waals surface area contributed by atoms with Crippen LogP contribution in [0, 0.1) is 5.41 Å². The van der Waals surface area contributed by atoms with Gasteiger partial charge in [0.2, 0.25) is 0 Å². The van der Waals surface area contributed by atoms with Crippen LogP contribution < -0.4 is 10.5 Å². The van der Waals surface area contributed by atoms with Crippen LogP contribution in [-0.2, 0) is 6.42 Å². The van der Waals surface area contributed by atoms with E-state index in [1.165, 1.54) is 0 Å². The van der Waals surface area contributed by atoms with Gasteiger partial charge in [0.05, 0.1) is 12.4 Å². The highest BCUT2D eigenvalue weighted by Crippen LogP contribution is 2.17. The maximum atomic E-state index is 7.18. The van der Waals surface area contributed by atoms with E-state index in [1.807, 2.05) is 31.2 Å². The minimum atomic E-state index is 0.159. The summed E-state index contributed by atoms with van der Waals surface area (Å²) in [4.78, 5) is 0. The van der Waals surface area contributed by atoms with Gasteiger partial charge in [0.1, 0.15) is 5.75 Å². The molecule has 0 aliphatic carbocycles. The first kappa shape index (κ1) is 9.58. The minimum absolute atomic E-state index is 0.159. The van der Waals surface area contributed by atoms with E-state index < -0.39 is 0 Å². The van der Waals surface area contributed by atoms with Crippen molar-refractivity contribution in [3.63, 3.8) is 0 Å². The summed E-state index contributed by atoms with van der Waals surface area (Å²) in [5, 5.41) is 7.18. The van der Waals surface area contributed by atoms with E-state index in [2.05, 4.69) is 0 Å². The molecule has 0 atom stereocenters. The molecule has 0 saturated carbocycles. The molecule has 70 valence electrons. The monoisotopic (exact) mass is 178 g/mol. The van der Waals surface area contributed by atoms with Gasteiger partial charge in [-0.25, -0.2) is 0 Å². The maximum absolute atomic E-state index is 7.18. The van der Waals surface area contributed by atoms with Gasteiger partial charge in [0.25, 0.3) is 0 Å². The Balaban J connectivity index is 2.84. The van der Waals surface area contributed by atoms with Crippen LogP contribution in [-0.4, -0.2) is 12.4 Å². The molecule has 0 aliphatic rings. The molecular weight excluding hydrogens is 164 g/mol. The number of hydrogen-bond donors (Lipinski definition) is 2. The molecule has 0 bridgehead atoms. The van der Waals surface area contributed by atoms with Gasteiger partial charge in [-0.3, -0.25) is 5.41 Å².